The molecule has 0 aliphatic rings. The Morgan fingerprint density at radius 3 is 1.10 bits per heavy atom. The minimum Gasteiger partial charge on any atom is -0.423 e. The molecule has 61 heavy (non-hydrogen) atoms. The smallest absolute Gasteiger partial charge is 0.343 e. The highest BCUT2D eigenvalue weighted by Crippen LogP contribution is 2.28. The van der Waals surface area contributed by atoms with Crippen LogP contribution in [0.5, 0.6) is 11.5 Å². The van der Waals surface area contributed by atoms with E-state index in [4.69, 9.17) is 9.47 Å². The highest BCUT2D eigenvalue weighted by molar-refractivity contribution is 5.92. The maximum Gasteiger partial charge on any atom is 0.343 e. The average molecular weight is 815 g/mol. The van der Waals surface area contributed by atoms with E-state index in [9.17, 15) is 9.59 Å². The number of ether oxygens (including phenoxy) is 2. The lowest BCUT2D eigenvalue weighted by Gasteiger charge is -2.11. The van der Waals surface area contributed by atoms with Crippen molar-refractivity contribution in [3.8, 4) is 33.8 Å². The molecule has 0 saturated carbocycles. The van der Waals surface area contributed by atoms with E-state index in [1.807, 2.05) is 84.9 Å². The standard InChI is InChI=1S/C30H36O2.C27H30O2/c1-4-6-7-8-10-24-11-21-29(22-12-24)32-30(31)28-19-17-27(18-20-28)26-15-13-25(14-16-26)23(3)9-5-2;1-4-6-20(3)22-10-12-23(13-11-22)24-14-16-25(17-15-24)27(28)29-26-18-8-21(7-5-2)9-19-26/h11-23H,4-10H2,1-3H3;8-20H,4-7H2,1-3H3. The van der Waals surface area contributed by atoms with Gasteiger partial charge in [-0.15, -0.1) is 0 Å². The third kappa shape index (κ3) is 14.5. The van der Waals surface area contributed by atoms with Crippen molar-refractivity contribution in [1.29, 1.82) is 0 Å². The summed E-state index contributed by atoms with van der Waals surface area (Å²) in [5.74, 6) is 1.69. The van der Waals surface area contributed by atoms with Crippen LogP contribution in [0.25, 0.3) is 22.3 Å². The number of aryl methyl sites for hydroxylation is 2. The third-order valence-corrected chi connectivity index (χ3v) is 11.4. The molecule has 4 heteroatoms. The normalized spacial score (nSPS) is 11.8. The van der Waals surface area contributed by atoms with Crippen LogP contribution in [0.3, 0.4) is 0 Å². The van der Waals surface area contributed by atoms with E-state index in [-0.39, 0.29) is 11.9 Å². The van der Waals surface area contributed by atoms with Gasteiger partial charge in [-0.2, -0.15) is 0 Å². The first kappa shape index (κ1) is 46.3. The van der Waals surface area contributed by atoms with E-state index in [0.29, 0.717) is 34.5 Å². The van der Waals surface area contributed by atoms with Crippen molar-refractivity contribution in [3.63, 3.8) is 0 Å². The van der Waals surface area contributed by atoms with Crippen LogP contribution in [0.15, 0.2) is 146 Å². The fourth-order valence-corrected chi connectivity index (χ4v) is 7.63. The van der Waals surface area contributed by atoms with Gasteiger partial charge in [0.1, 0.15) is 11.5 Å². The second kappa shape index (κ2) is 24.5. The molecule has 0 aliphatic heterocycles. The van der Waals surface area contributed by atoms with Gasteiger partial charge in [0.05, 0.1) is 11.1 Å². The van der Waals surface area contributed by atoms with Gasteiger partial charge in [-0.05, 0) is 137 Å². The van der Waals surface area contributed by atoms with Gasteiger partial charge in [0, 0.05) is 0 Å². The van der Waals surface area contributed by atoms with Crippen LogP contribution in [0.1, 0.15) is 154 Å². The molecular formula is C57H66O4. The Kier molecular flexibility index (Phi) is 18.6. The monoisotopic (exact) mass is 814 g/mol. The number of hydrogen-bond acceptors (Lipinski definition) is 4. The van der Waals surface area contributed by atoms with Crippen molar-refractivity contribution >= 4 is 11.9 Å². The highest BCUT2D eigenvalue weighted by atomic mass is 16.5. The maximum absolute atomic E-state index is 12.5. The lowest BCUT2D eigenvalue weighted by atomic mass is 9.94. The van der Waals surface area contributed by atoms with Crippen LogP contribution in [0.2, 0.25) is 0 Å². The van der Waals surface area contributed by atoms with E-state index in [2.05, 4.69) is 102 Å². The molecule has 0 bridgehead atoms. The molecule has 2 unspecified atom stereocenters. The van der Waals surface area contributed by atoms with Crippen LogP contribution < -0.4 is 9.47 Å². The molecule has 0 amide bonds. The number of carbonyl (C=O) groups is 2. The van der Waals surface area contributed by atoms with Crippen molar-refractivity contribution in [3.05, 3.63) is 179 Å². The van der Waals surface area contributed by atoms with Crippen molar-refractivity contribution in [2.24, 2.45) is 0 Å². The molecule has 0 N–H and O–H groups in total. The molecule has 6 rings (SSSR count). The van der Waals surface area contributed by atoms with Crippen molar-refractivity contribution in [2.75, 3.05) is 0 Å². The van der Waals surface area contributed by atoms with Gasteiger partial charge >= 0.3 is 11.9 Å². The molecule has 6 aromatic rings. The second-order valence-electron chi connectivity index (χ2n) is 16.4. The molecule has 4 nitrogen and oxygen atoms in total. The van der Waals surface area contributed by atoms with Crippen LogP contribution in [-0.4, -0.2) is 11.9 Å². The molecule has 0 radical (unpaired) electrons. The van der Waals surface area contributed by atoms with Crippen LogP contribution >= 0.6 is 0 Å². The Bertz CT molecular complexity index is 2180. The molecule has 0 spiro atoms. The number of unbranched alkanes of at least 4 members (excludes halogenated alkanes) is 3. The summed E-state index contributed by atoms with van der Waals surface area (Å²) in [6, 6.07) is 48.4. The summed E-state index contributed by atoms with van der Waals surface area (Å²) in [7, 11) is 0. The van der Waals surface area contributed by atoms with Crippen LogP contribution in [0.4, 0.5) is 0 Å². The van der Waals surface area contributed by atoms with E-state index in [1.165, 1.54) is 73.6 Å². The summed E-state index contributed by atoms with van der Waals surface area (Å²) in [5, 5.41) is 0. The van der Waals surface area contributed by atoms with Gasteiger partial charge in [0.25, 0.3) is 0 Å². The number of carbonyl (C=O) groups excluding carboxylic acids is 2. The van der Waals surface area contributed by atoms with E-state index < -0.39 is 0 Å². The van der Waals surface area contributed by atoms with Crippen molar-refractivity contribution < 1.29 is 19.1 Å². The summed E-state index contributed by atoms with van der Waals surface area (Å²) >= 11 is 0. The van der Waals surface area contributed by atoms with Gasteiger partial charge < -0.3 is 9.47 Å². The summed E-state index contributed by atoms with van der Waals surface area (Å²) in [5.41, 5.74) is 10.9. The van der Waals surface area contributed by atoms with E-state index >= 15 is 0 Å². The third-order valence-electron chi connectivity index (χ3n) is 11.4. The molecule has 0 aromatic heterocycles. The molecule has 0 heterocycles. The highest BCUT2D eigenvalue weighted by Gasteiger charge is 2.12. The average Bonchev–Trinajstić information content (AvgIpc) is 3.30. The predicted octanol–water partition coefficient (Wildman–Crippen LogP) is 16.0. The number of hydrogen-bond donors (Lipinski definition) is 0. The first-order valence-electron chi connectivity index (χ1n) is 22.7. The molecule has 0 aliphatic carbocycles. The Morgan fingerprint density at radius 2 is 0.754 bits per heavy atom. The number of benzene rings is 6. The van der Waals surface area contributed by atoms with Gasteiger partial charge in [0.2, 0.25) is 0 Å². The SMILES string of the molecule is CCCCCCc1ccc(OC(=O)c2ccc(-c3ccc(C(C)CCC)cc3)cc2)cc1.CCCc1ccc(OC(=O)c2ccc(-c3ccc(C(C)CCC)cc3)cc2)cc1. The zero-order chi connectivity index (χ0) is 43.4. The fourth-order valence-electron chi connectivity index (χ4n) is 7.63. The van der Waals surface area contributed by atoms with E-state index in [0.717, 1.165) is 41.5 Å². The minimum absolute atomic E-state index is 0.323. The molecule has 0 fully saturated rings. The van der Waals surface area contributed by atoms with E-state index in [1.54, 1.807) is 0 Å². The molecule has 6 aromatic carbocycles. The molecule has 2 atom stereocenters. The van der Waals surface area contributed by atoms with Crippen LogP contribution in [-0.2, 0) is 12.8 Å². The van der Waals surface area contributed by atoms with Crippen molar-refractivity contribution in [2.45, 2.75) is 124 Å². The summed E-state index contributed by atoms with van der Waals surface area (Å²) in [6.07, 6.45) is 13.0. The number of esters is 2. The van der Waals surface area contributed by atoms with Gasteiger partial charge in [-0.25, -0.2) is 9.59 Å². The Labute approximate surface area is 366 Å². The molecule has 0 saturated heterocycles. The number of rotatable bonds is 19. The fraction of sp³-hybridized carbons (Fsp3) is 0.333. The zero-order valence-corrected chi connectivity index (χ0v) is 37.4. The first-order valence-corrected chi connectivity index (χ1v) is 22.7. The maximum atomic E-state index is 12.5. The summed E-state index contributed by atoms with van der Waals surface area (Å²) in [4.78, 5) is 25.0. The van der Waals surface area contributed by atoms with Crippen LogP contribution in [0, 0.1) is 0 Å². The molecular weight excluding hydrogens is 749 g/mol. The Hall–Kier alpha value is -5.74. The lowest BCUT2D eigenvalue weighted by Crippen LogP contribution is -2.08. The lowest BCUT2D eigenvalue weighted by molar-refractivity contribution is 0.0725. The predicted molar refractivity (Wildman–Crippen MR) is 255 cm³/mol. The first-order chi connectivity index (χ1) is 29.7. The molecule has 318 valence electrons. The summed E-state index contributed by atoms with van der Waals surface area (Å²) in [6.45, 7) is 13.4. The largest absolute Gasteiger partial charge is 0.423 e. The minimum atomic E-state index is -0.330. The Morgan fingerprint density at radius 1 is 0.393 bits per heavy atom. The van der Waals surface area contributed by atoms with Gasteiger partial charge in [0.15, 0.2) is 0 Å². The topological polar surface area (TPSA) is 52.6 Å². The second-order valence-corrected chi connectivity index (χ2v) is 16.4. The van der Waals surface area contributed by atoms with Gasteiger partial charge in [-0.1, -0.05) is 177 Å². The zero-order valence-electron chi connectivity index (χ0n) is 37.4. The van der Waals surface area contributed by atoms with Gasteiger partial charge in [-0.3, -0.25) is 0 Å². The Balaban J connectivity index is 0.000000232. The quantitative estimate of drug-likeness (QED) is 0.0464. The van der Waals surface area contributed by atoms with Crippen molar-refractivity contribution in [1.82, 2.24) is 0 Å². The summed E-state index contributed by atoms with van der Waals surface area (Å²) < 4.78 is 11.1.